The molecule has 0 bridgehead atoms. The Morgan fingerprint density at radius 1 is 1.44 bits per heavy atom. The van der Waals surface area contributed by atoms with Crippen LogP contribution in [0.4, 0.5) is 4.79 Å². The van der Waals surface area contributed by atoms with Crippen LogP contribution in [0, 0.1) is 11.8 Å². The third-order valence-electron chi connectivity index (χ3n) is 2.30. The molecule has 0 atom stereocenters. The fraction of sp³-hybridized carbons (Fsp3) is 0.818. The minimum absolute atomic E-state index is 0.261. The van der Waals surface area contributed by atoms with Crippen LogP contribution in [-0.4, -0.2) is 41.8 Å². The number of carboxylic acids is 1. The molecule has 5 nitrogen and oxygen atoms in total. The summed E-state index contributed by atoms with van der Waals surface area (Å²) < 4.78 is 5.02. The second-order valence-electron chi connectivity index (χ2n) is 4.69. The Labute approximate surface area is 95.4 Å². The predicted molar refractivity (Wildman–Crippen MR) is 58.1 cm³/mol. The summed E-state index contributed by atoms with van der Waals surface area (Å²) in [5.41, 5.74) is 0. The summed E-state index contributed by atoms with van der Waals surface area (Å²) in [6.07, 6.45) is 1.64. The normalized spacial score (nSPS) is 14.9. The van der Waals surface area contributed by atoms with Crippen LogP contribution in [0.15, 0.2) is 0 Å². The van der Waals surface area contributed by atoms with Gasteiger partial charge in [-0.3, -0.25) is 9.69 Å². The molecule has 1 saturated carbocycles. The molecule has 1 aliphatic rings. The van der Waals surface area contributed by atoms with Gasteiger partial charge >= 0.3 is 12.1 Å². The highest BCUT2D eigenvalue weighted by Gasteiger charge is 2.28. The lowest BCUT2D eigenvalue weighted by atomic mass is 10.2. The molecule has 5 heteroatoms. The SMILES string of the molecule is CC(C)COC(=O)N(CC(=O)O)CC1CC1. The number of nitrogens with zero attached hydrogens (tertiary/aromatic N) is 1. The Bertz CT molecular complexity index is 261. The van der Waals surface area contributed by atoms with Gasteiger partial charge in [0.15, 0.2) is 0 Å². The molecule has 0 aromatic heterocycles. The number of hydrogen-bond donors (Lipinski definition) is 1. The standard InChI is InChI=1S/C11H19NO4/c1-8(2)7-16-11(15)12(6-10(13)14)5-9-3-4-9/h8-9H,3-7H2,1-2H3,(H,13,14). The molecule has 0 unspecified atom stereocenters. The third-order valence-corrected chi connectivity index (χ3v) is 2.30. The van der Waals surface area contributed by atoms with Gasteiger partial charge in [-0.25, -0.2) is 4.79 Å². The Morgan fingerprint density at radius 3 is 2.50 bits per heavy atom. The largest absolute Gasteiger partial charge is 0.480 e. The molecule has 1 aliphatic carbocycles. The Hall–Kier alpha value is -1.26. The third kappa shape index (κ3) is 5.00. The van der Waals surface area contributed by atoms with E-state index in [4.69, 9.17) is 9.84 Å². The number of amides is 1. The molecule has 0 spiro atoms. The molecule has 16 heavy (non-hydrogen) atoms. The van der Waals surface area contributed by atoms with E-state index < -0.39 is 12.1 Å². The summed E-state index contributed by atoms with van der Waals surface area (Å²) in [6.45, 7) is 4.45. The van der Waals surface area contributed by atoms with Crippen LogP contribution >= 0.6 is 0 Å². The molecule has 0 saturated heterocycles. The highest BCUT2D eigenvalue weighted by Crippen LogP contribution is 2.29. The first-order valence-corrected chi connectivity index (χ1v) is 5.62. The maximum absolute atomic E-state index is 11.6. The van der Waals surface area contributed by atoms with Crippen molar-refractivity contribution in [3.63, 3.8) is 0 Å². The molecule has 0 aromatic carbocycles. The number of aliphatic carboxylic acids is 1. The van der Waals surface area contributed by atoms with Crippen LogP contribution in [0.5, 0.6) is 0 Å². The van der Waals surface area contributed by atoms with E-state index in [1.165, 1.54) is 4.90 Å². The monoisotopic (exact) mass is 229 g/mol. The van der Waals surface area contributed by atoms with Crippen LogP contribution in [0.2, 0.25) is 0 Å². The van der Waals surface area contributed by atoms with E-state index >= 15 is 0 Å². The van der Waals surface area contributed by atoms with Crippen molar-refractivity contribution in [2.45, 2.75) is 26.7 Å². The Morgan fingerprint density at radius 2 is 2.06 bits per heavy atom. The van der Waals surface area contributed by atoms with Gasteiger partial charge in [-0.05, 0) is 24.7 Å². The quantitative estimate of drug-likeness (QED) is 0.750. The second-order valence-corrected chi connectivity index (χ2v) is 4.69. The van der Waals surface area contributed by atoms with Crippen molar-refractivity contribution in [2.24, 2.45) is 11.8 Å². The molecular weight excluding hydrogens is 210 g/mol. The van der Waals surface area contributed by atoms with Gasteiger partial charge in [-0.1, -0.05) is 13.8 Å². The first-order valence-electron chi connectivity index (χ1n) is 5.62. The first kappa shape index (κ1) is 12.8. The van der Waals surface area contributed by atoms with Gasteiger partial charge in [-0.2, -0.15) is 0 Å². The van der Waals surface area contributed by atoms with E-state index in [2.05, 4.69) is 0 Å². The molecule has 0 aliphatic heterocycles. The van der Waals surface area contributed by atoms with Gasteiger partial charge in [0.2, 0.25) is 0 Å². The van der Waals surface area contributed by atoms with Crippen molar-refractivity contribution in [3.8, 4) is 0 Å². The molecular formula is C11H19NO4. The fourth-order valence-corrected chi connectivity index (χ4v) is 1.31. The summed E-state index contributed by atoms with van der Waals surface area (Å²) >= 11 is 0. The number of carboxylic acid groups (broad SMARTS) is 1. The lowest BCUT2D eigenvalue weighted by Gasteiger charge is -2.20. The van der Waals surface area contributed by atoms with Crippen molar-refractivity contribution >= 4 is 12.1 Å². The molecule has 1 N–H and O–H groups in total. The molecule has 1 rings (SSSR count). The molecule has 1 fully saturated rings. The maximum atomic E-state index is 11.6. The van der Waals surface area contributed by atoms with E-state index in [1.807, 2.05) is 13.8 Å². The van der Waals surface area contributed by atoms with Gasteiger partial charge in [0, 0.05) is 6.54 Å². The van der Waals surface area contributed by atoms with Crippen LogP contribution in [-0.2, 0) is 9.53 Å². The highest BCUT2D eigenvalue weighted by atomic mass is 16.6. The number of hydrogen-bond acceptors (Lipinski definition) is 3. The maximum Gasteiger partial charge on any atom is 0.410 e. The second kappa shape index (κ2) is 5.72. The van der Waals surface area contributed by atoms with Gasteiger partial charge in [0.05, 0.1) is 6.61 Å². The summed E-state index contributed by atoms with van der Waals surface area (Å²) in [7, 11) is 0. The molecule has 92 valence electrons. The van der Waals surface area contributed by atoms with Crippen molar-refractivity contribution in [2.75, 3.05) is 19.7 Å². The number of ether oxygens (including phenoxy) is 1. The highest BCUT2D eigenvalue weighted by molar-refractivity contribution is 5.76. The lowest BCUT2D eigenvalue weighted by molar-refractivity contribution is -0.138. The summed E-state index contributed by atoms with van der Waals surface area (Å²) in [5.74, 6) is -0.273. The molecule has 0 heterocycles. The number of rotatable bonds is 6. The number of carbonyl (C=O) groups excluding carboxylic acids is 1. The Kier molecular flexibility index (Phi) is 4.58. The van der Waals surface area contributed by atoms with Gasteiger partial charge in [0.25, 0.3) is 0 Å². The minimum atomic E-state index is -0.998. The minimum Gasteiger partial charge on any atom is -0.480 e. The van der Waals surface area contributed by atoms with Crippen LogP contribution < -0.4 is 0 Å². The van der Waals surface area contributed by atoms with E-state index in [0.29, 0.717) is 19.1 Å². The van der Waals surface area contributed by atoms with Crippen molar-refractivity contribution in [3.05, 3.63) is 0 Å². The smallest absolute Gasteiger partial charge is 0.410 e. The van der Waals surface area contributed by atoms with Gasteiger partial charge in [-0.15, -0.1) is 0 Å². The topological polar surface area (TPSA) is 66.8 Å². The van der Waals surface area contributed by atoms with Gasteiger partial charge in [0.1, 0.15) is 6.54 Å². The first-order chi connectivity index (χ1) is 7.49. The predicted octanol–water partition coefficient (Wildman–Crippen LogP) is 1.58. The van der Waals surface area contributed by atoms with Crippen molar-refractivity contribution < 1.29 is 19.4 Å². The summed E-state index contributed by atoms with van der Waals surface area (Å²) in [4.78, 5) is 23.5. The fourth-order valence-electron chi connectivity index (χ4n) is 1.31. The van der Waals surface area contributed by atoms with Crippen molar-refractivity contribution in [1.82, 2.24) is 4.90 Å². The number of carbonyl (C=O) groups is 2. The zero-order valence-electron chi connectivity index (χ0n) is 9.81. The molecule has 0 aromatic rings. The van der Waals surface area contributed by atoms with Crippen LogP contribution in [0.1, 0.15) is 26.7 Å². The summed E-state index contributed by atoms with van der Waals surface area (Å²) in [5, 5.41) is 8.69. The van der Waals surface area contributed by atoms with Crippen LogP contribution in [0.25, 0.3) is 0 Å². The molecule has 0 radical (unpaired) electrons. The molecule has 1 amide bonds. The lowest BCUT2D eigenvalue weighted by Crippen LogP contribution is -2.38. The summed E-state index contributed by atoms with van der Waals surface area (Å²) in [6, 6.07) is 0. The van der Waals surface area contributed by atoms with E-state index in [-0.39, 0.29) is 12.5 Å². The Balaban J connectivity index is 2.39. The zero-order chi connectivity index (χ0) is 12.1. The average molecular weight is 229 g/mol. The van der Waals surface area contributed by atoms with E-state index in [0.717, 1.165) is 12.8 Å². The van der Waals surface area contributed by atoms with E-state index in [1.54, 1.807) is 0 Å². The van der Waals surface area contributed by atoms with Crippen LogP contribution in [0.3, 0.4) is 0 Å². The zero-order valence-corrected chi connectivity index (χ0v) is 9.81. The van der Waals surface area contributed by atoms with Crippen molar-refractivity contribution in [1.29, 1.82) is 0 Å². The average Bonchev–Trinajstić information content (AvgIpc) is 2.96. The van der Waals surface area contributed by atoms with Gasteiger partial charge < -0.3 is 9.84 Å². The van der Waals surface area contributed by atoms with E-state index in [9.17, 15) is 9.59 Å².